The average molecular weight is 314 g/mol. The Hall–Kier alpha value is -1.84. The van der Waals surface area contributed by atoms with E-state index >= 15 is 0 Å². The van der Waals surface area contributed by atoms with Crippen LogP contribution in [0.2, 0.25) is 0 Å². The number of benzene rings is 1. The van der Waals surface area contributed by atoms with Gasteiger partial charge in [0.15, 0.2) is 0 Å². The summed E-state index contributed by atoms with van der Waals surface area (Å²) in [7, 11) is 0. The number of amides is 2. The third-order valence-corrected chi connectivity index (χ3v) is 5.08. The fourth-order valence-corrected chi connectivity index (χ4v) is 3.63. The summed E-state index contributed by atoms with van der Waals surface area (Å²) in [6, 6.07) is 10.6. The topological polar surface area (TPSA) is 40.6 Å². The summed E-state index contributed by atoms with van der Waals surface area (Å²) in [6.45, 7) is 2.69. The normalized spacial score (nSPS) is 19.9. The van der Waals surface area contributed by atoms with Crippen molar-refractivity contribution < 1.29 is 9.59 Å². The van der Waals surface area contributed by atoms with E-state index in [0.717, 1.165) is 51.7 Å². The van der Waals surface area contributed by atoms with Crippen molar-refractivity contribution in [3.05, 3.63) is 35.9 Å². The van der Waals surface area contributed by atoms with Gasteiger partial charge >= 0.3 is 0 Å². The fourth-order valence-electron chi connectivity index (χ4n) is 3.63. The lowest BCUT2D eigenvalue weighted by atomic mass is 9.90. The molecule has 1 aromatic carbocycles. The minimum Gasteiger partial charge on any atom is -0.341 e. The van der Waals surface area contributed by atoms with E-state index in [1.807, 2.05) is 11.0 Å². The summed E-state index contributed by atoms with van der Waals surface area (Å²) in [6.07, 6.45) is 5.83. The van der Waals surface area contributed by atoms with Crippen LogP contribution in [-0.4, -0.2) is 47.8 Å². The first-order chi connectivity index (χ1) is 11.2. The molecule has 0 aromatic heterocycles. The summed E-state index contributed by atoms with van der Waals surface area (Å²) in [4.78, 5) is 27.9. The third-order valence-electron chi connectivity index (χ3n) is 5.08. The molecule has 2 aliphatic heterocycles. The Bertz CT molecular complexity index is 536. The second-order valence-corrected chi connectivity index (χ2v) is 6.79. The molecule has 0 saturated carbocycles. The van der Waals surface area contributed by atoms with Crippen LogP contribution >= 0.6 is 0 Å². The van der Waals surface area contributed by atoms with E-state index < -0.39 is 0 Å². The van der Waals surface area contributed by atoms with Crippen molar-refractivity contribution in [2.24, 2.45) is 5.92 Å². The Morgan fingerprint density at radius 1 is 1.04 bits per heavy atom. The maximum atomic E-state index is 12.4. The smallest absolute Gasteiger partial charge is 0.242 e. The molecular formula is C19H26N2O2. The standard InChI is InChI=1S/C19H26N2O2/c22-18-8-4-5-11-21(18)15-19(23)20-12-9-17(10-13-20)14-16-6-2-1-3-7-16/h1-3,6-7,17H,4-5,8-15H2. The summed E-state index contributed by atoms with van der Waals surface area (Å²) in [5, 5.41) is 0. The largest absolute Gasteiger partial charge is 0.341 e. The van der Waals surface area contributed by atoms with E-state index in [1.165, 1.54) is 5.56 Å². The van der Waals surface area contributed by atoms with Crippen molar-refractivity contribution in [3.8, 4) is 0 Å². The summed E-state index contributed by atoms with van der Waals surface area (Å²) >= 11 is 0. The Morgan fingerprint density at radius 2 is 1.78 bits per heavy atom. The minimum atomic E-state index is 0.124. The molecule has 4 nitrogen and oxygen atoms in total. The molecule has 2 fully saturated rings. The number of hydrogen-bond acceptors (Lipinski definition) is 2. The van der Waals surface area contributed by atoms with Crippen molar-refractivity contribution in [2.75, 3.05) is 26.2 Å². The number of likely N-dealkylation sites (tertiary alicyclic amines) is 2. The first kappa shape index (κ1) is 16.0. The van der Waals surface area contributed by atoms with Crippen molar-refractivity contribution >= 4 is 11.8 Å². The zero-order chi connectivity index (χ0) is 16.1. The van der Waals surface area contributed by atoms with Crippen LogP contribution in [0.25, 0.3) is 0 Å². The van der Waals surface area contributed by atoms with Gasteiger partial charge in [-0.2, -0.15) is 0 Å². The first-order valence-electron chi connectivity index (χ1n) is 8.82. The lowest BCUT2D eigenvalue weighted by molar-refractivity contribution is -0.142. The highest BCUT2D eigenvalue weighted by Crippen LogP contribution is 2.22. The molecule has 4 heteroatoms. The van der Waals surface area contributed by atoms with E-state index in [2.05, 4.69) is 24.3 Å². The molecule has 0 bridgehead atoms. The second-order valence-electron chi connectivity index (χ2n) is 6.79. The Kier molecular flexibility index (Phi) is 5.31. The summed E-state index contributed by atoms with van der Waals surface area (Å²) in [5.41, 5.74) is 1.39. The Morgan fingerprint density at radius 3 is 2.48 bits per heavy atom. The van der Waals surface area contributed by atoms with Crippen LogP contribution < -0.4 is 0 Å². The number of piperidine rings is 2. The SMILES string of the molecule is O=C(CN1CCCCC1=O)N1CCC(Cc2ccccc2)CC1. The van der Waals surface area contributed by atoms with E-state index in [9.17, 15) is 9.59 Å². The molecule has 1 aromatic rings. The number of rotatable bonds is 4. The van der Waals surface area contributed by atoms with Crippen LogP contribution in [0.1, 0.15) is 37.7 Å². The van der Waals surface area contributed by atoms with Gasteiger partial charge in [-0.25, -0.2) is 0 Å². The second kappa shape index (κ2) is 7.62. The summed E-state index contributed by atoms with van der Waals surface area (Å²) < 4.78 is 0. The van der Waals surface area contributed by atoms with Gasteiger partial charge in [-0.15, -0.1) is 0 Å². The minimum absolute atomic E-state index is 0.124. The van der Waals surface area contributed by atoms with Crippen molar-refractivity contribution in [1.29, 1.82) is 0 Å². The van der Waals surface area contributed by atoms with Crippen molar-refractivity contribution in [1.82, 2.24) is 9.80 Å². The van der Waals surface area contributed by atoms with Gasteiger partial charge < -0.3 is 9.80 Å². The maximum absolute atomic E-state index is 12.4. The van der Waals surface area contributed by atoms with E-state index in [-0.39, 0.29) is 18.4 Å². The van der Waals surface area contributed by atoms with Crippen LogP contribution in [-0.2, 0) is 16.0 Å². The Balaban J connectivity index is 1.45. The lowest BCUT2D eigenvalue weighted by Crippen LogP contribution is -2.47. The first-order valence-corrected chi connectivity index (χ1v) is 8.82. The molecule has 0 N–H and O–H groups in total. The maximum Gasteiger partial charge on any atom is 0.242 e. The molecule has 0 spiro atoms. The van der Waals surface area contributed by atoms with Gasteiger partial charge in [-0.3, -0.25) is 9.59 Å². The van der Waals surface area contributed by atoms with Gasteiger partial charge in [-0.1, -0.05) is 30.3 Å². The van der Waals surface area contributed by atoms with Gasteiger partial charge in [0, 0.05) is 26.1 Å². The third kappa shape index (κ3) is 4.34. The molecule has 0 atom stereocenters. The molecule has 3 rings (SSSR count). The number of carbonyl (C=O) groups excluding carboxylic acids is 2. The molecule has 0 radical (unpaired) electrons. The molecule has 124 valence electrons. The predicted molar refractivity (Wildman–Crippen MR) is 89.9 cm³/mol. The van der Waals surface area contributed by atoms with Crippen molar-refractivity contribution in [3.63, 3.8) is 0 Å². The number of hydrogen-bond donors (Lipinski definition) is 0. The molecular weight excluding hydrogens is 288 g/mol. The van der Waals surface area contributed by atoms with Crippen LogP contribution in [0.4, 0.5) is 0 Å². The van der Waals surface area contributed by atoms with E-state index in [4.69, 9.17) is 0 Å². The molecule has 2 heterocycles. The highest BCUT2D eigenvalue weighted by atomic mass is 16.2. The fraction of sp³-hybridized carbons (Fsp3) is 0.579. The zero-order valence-corrected chi connectivity index (χ0v) is 13.7. The average Bonchev–Trinajstić information content (AvgIpc) is 2.58. The van der Waals surface area contributed by atoms with Gasteiger partial charge in [0.1, 0.15) is 0 Å². The van der Waals surface area contributed by atoms with E-state index in [0.29, 0.717) is 12.3 Å². The Labute approximate surface area is 138 Å². The van der Waals surface area contributed by atoms with Gasteiger partial charge in [0.05, 0.1) is 6.54 Å². The number of nitrogens with zero attached hydrogens (tertiary/aromatic N) is 2. The molecule has 2 saturated heterocycles. The van der Waals surface area contributed by atoms with Gasteiger partial charge in [0.25, 0.3) is 0 Å². The predicted octanol–water partition coefficient (Wildman–Crippen LogP) is 2.48. The van der Waals surface area contributed by atoms with Crippen LogP contribution in [0.5, 0.6) is 0 Å². The van der Waals surface area contributed by atoms with E-state index in [1.54, 1.807) is 4.90 Å². The van der Waals surface area contributed by atoms with Crippen molar-refractivity contribution in [2.45, 2.75) is 38.5 Å². The highest BCUT2D eigenvalue weighted by molar-refractivity contribution is 5.85. The highest BCUT2D eigenvalue weighted by Gasteiger charge is 2.26. The number of carbonyl (C=O) groups is 2. The molecule has 23 heavy (non-hydrogen) atoms. The molecule has 0 aliphatic carbocycles. The van der Waals surface area contributed by atoms with Crippen LogP contribution in [0, 0.1) is 5.92 Å². The van der Waals surface area contributed by atoms with Gasteiger partial charge in [0.2, 0.25) is 11.8 Å². The summed E-state index contributed by atoms with van der Waals surface area (Å²) in [5.74, 6) is 0.931. The molecule has 2 aliphatic rings. The van der Waals surface area contributed by atoms with Gasteiger partial charge in [-0.05, 0) is 43.6 Å². The molecule has 0 unspecified atom stereocenters. The zero-order valence-electron chi connectivity index (χ0n) is 13.7. The van der Waals surface area contributed by atoms with Crippen LogP contribution in [0.15, 0.2) is 30.3 Å². The molecule has 2 amide bonds. The monoisotopic (exact) mass is 314 g/mol. The lowest BCUT2D eigenvalue weighted by Gasteiger charge is -2.34. The van der Waals surface area contributed by atoms with Crippen LogP contribution in [0.3, 0.4) is 0 Å². The quantitative estimate of drug-likeness (QED) is 0.856.